The van der Waals surface area contributed by atoms with Crippen LogP contribution in [0.2, 0.25) is 0 Å². The molecule has 1 fully saturated rings. The Morgan fingerprint density at radius 2 is 2.40 bits per heavy atom. The molecule has 10 heavy (non-hydrogen) atoms. The Morgan fingerprint density at radius 3 is 2.80 bits per heavy atom. The SMILES string of the molecule is C=CCC1CC(=S)OC1=S. The summed E-state index contributed by atoms with van der Waals surface area (Å²) in [5.41, 5.74) is 0. The summed E-state index contributed by atoms with van der Waals surface area (Å²) in [5.74, 6) is 0.306. The van der Waals surface area contributed by atoms with Crippen molar-refractivity contribution in [3.63, 3.8) is 0 Å². The van der Waals surface area contributed by atoms with Crippen molar-refractivity contribution in [2.45, 2.75) is 12.8 Å². The molecule has 0 aliphatic carbocycles. The van der Waals surface area contributed by atoms with Crippen LogP contribution in [0.15, 0.2) is 12.7 Å². The maximum Gasteiger partial charge on any atom is 0.171 e. The second kappa shape index (κ2) is 3.21. The zero-order chi connectivity index (χ0) is 7.56. The summed E-state index contributed by atoms with van der Waals surface area (Å²) in [7, 11) is 0. The van der Waals surface area contributed by atoms with Gasteiger partial charge in [-0.3, -0.25) is 0 Å². The molecule has 0 saturated carbocycles. The fourth-order valence-electron chi connectivity index (χ4n) is 0.902. The predicted molar refractivity (Wildman–Crippen MR) is 49.2 cm³/mol. The molecule has 1 rings (SSSR count). The smallest absolute Gasteiger partial charge is 0.171 e. The molecular weight excluding hydrogens is 164 g/mol. The van der Waals surface area contributed by atoms with Crippen LogP contribution < -0.4 is 0 Å². The van der Waals surface area contributed by atoms with Gasteiger partial charge in [-0.15, -0.1) is 6.58 Å². The summed E-state index contributed by atoms with van der Waals surface area (Å²) in [6.45, 7) is 3.63. The van der Waals surface area contributed by atoms with Gasteiger partial charge in [0.15, 0.2) is 10.1 Å². The number of hydrogen-bond acceptors (Lipinski definition) is 3. The Balaban J connectivity index is 2.54. The van der Waals surface area contributed by atoms with Gasteiger partial charge in [-0.1, -0.05) is 6.08 Å². The minimum absolute atomic E-state index is 0.306. The lowest BCUT2D eigenvalue weighted by molar-refractivity contribution is 0.574. The van der Waals surface area contributed by atoms with E-state index in [9.17, 15) is 0 Å². The highest BCUT2D eigenvalue weighted by Crippen LogP contribution is 2.21. The second-order valence-electron chi connectivity index (χ2n) is 2.22. The molecule has 0 aromatic rings. The average molecular weight is 172 g/mol. The number of hydrogen-bond donors (Lipinski definition) is 0. The Morgan fingerprint density at radius 1 is 1.70 bits per heavy atom. The van der Waals surface area contributed by atoms with Crippen molar-refractivity contribution in [3.05, 3.63) is 12.7 Å². The number of ether oxygens (including phenoxy) is 1. The maximum atomic E-state index is 5.04. The Kier molecular flexibility index (Phi) is 2.51. The van der Waals surface area contributed by atoms with Crippen molar-refractivity contribution < 1.29 is 4.74 Å². The minimum atomic E-state index is 0.306. The van der Waals surface area contributed by atoms with E-state index in [1.54, 1.807) is 0 Å². The minimum Gasteiger partial charge on any atom is -0.443 e. The van der Waals surface area contributed by atoms with Crippen molar-refractivity contribution in [2.24, 2.45) is 5.92 Å². The van der Waals surface area contributed by atoms with Crippen LogP contribution in [0.1, 0.15) is 12.8 Å². The van der Waals surface area contributed by atoms with Gasteiger partial charge in [0.25, 0.3) is 0 Å². The van der Waals surface area contributed by atoms with Crippen LogP contribution in [0, 0.1) is 5.92 Å². The van der Waals surface area contributed by atoms with Crippen LogP contribution in [0.4, 0.5) is 0 Å². The molecule has 0 aromatic carbocycles. The van der Waals surface area contributed by atoms with Crippen molar-refractivity contribution >= 4 is 34.5 Å². The van der Waals surface area contributed by atoms with Crippen molar-refractivity contribution in [1.29, 1.82) is 0 Å². The molecule has 1 unspecified atom stereocenters. The molecule has 54 valence electrons. The van der Waals surface area contributed by atoms with Crippen LogP contribution in [-0.4, -0.2) is 10.1 Å². The predicted octanol–water partition coefficient (Wildman–Crippen LogP) is 2.25. The van der Waals surface area contributed by atoms with Crippen molar-refractivity contribution in [2.75, 3.05) is 0 Å². The Hall–Kier alpha value is -0.280. The molecule has 1 atom stereocenters. The molecular formula is C7H8OS2. The fraction of sp³-hybridized carbons (Fsp3) is 0.429. The zero-order valence-electron chi connectivity index (χ0n) is 5.50. The summed E-state index contributed by atoms with van der Waals surface area (Å²) in [6, 6.07) is 0. The molecule has 0 aromatic heterocycles. The van der Waals surface area contributed by atoms with E-state index in [1.807, 2.05) is 6.08 Å². The summed E-state index contributed by atoms with van der Waals surface area (Å²) < 4.78 is 5.04. The first-order valence-corrected chi connectivity index (χ1v) is 3.91. The molecule has 0 bridgehead atoms. The van der Waals surface area contributed by atoms with E-state index in [4.69, 9.17) is 29.2 Å². The van der Waals surface area contributed by atoms with E-state index in [0.717, 1.165) is 12.8 Å². The third-order valence-corrected chi connectivity index (χ3v) is 2.08. The normalized spacial score (nSPS) is 24.6. The van der Waals surface area contributed by atoms with E-state index >= 15 is 0 Å². The molecule has 1 aliphatic heterocycles. The van der Waals surface area contributed by atoms with Gasteiger partial charge >= 0.3 is 0 Å². The standard InChI is InChI=1S/C7H8OS2/c1-2-3-5-4-6(9)8-7(5)10/h2,5H,1,3-4H2. The Bertz CT molecular complexity index is 186. The van der Waals surface area contributed by atoms with Gasteiger partial charge in [0.2, 0.25) is 0 Å². The van der Waals surface area contributed by atoms with Crippen molar-refractivity contribution in [1.82, 2.24) is 0 Å². The first-order valence-electron chi connectivity index (χ1n) is 3.09. The van der Waals surface area contributed by atoms with Gasteiger partial charge in [0, 0.05) is 12.3 Å². The van der Waals surface area contributed by atoms with E-state index < -0.39 is 0 Å². The zero-order valence-corrected chi connectivity index (χ0v) is 7.13. The first kappa shape index (κ1) is 7.82. The fourth-order valence-corrected chi connectivity index (χ4v) is 1.53. The highest BCUT2D eigenvalue weighted by atomic mass is 32.1. The van der Waals surface area contributed by atoms with Crippen LogP contribution >= 0.6 is 24.4 Å². The largest absolute Gasteiger partial charge is 0.443 e. The number of rotatable bonds is 2. The molecule has 1 nitrogen and oxygen atoms in total. The topological polar surface area (TPSA) is 9.23 Å². The van der Waals surface area contributed by atoms with E-state index in [2.05, 4.69) is 6.58 Å². The monoisotopic (exact) mass is 172 g/mol. The van der Waals surface area contributed by atoms with Crippen LogP contribution in [0.3, 0.4) is 0 Å². The highest BCUT2D eigenvalue weighted by molar-refractivity contribution is 7.81. The van der Waals surface area contributed by atoms with Gasteiger partial charge in [-0.05, 0) is 30.9 Å². The lowest BCUT2D eigenvalue weighted by Gasteiger charge is -1.99. The van der Waals surface area contributed by atoms with Crippen molar-refractivity contribution in [3.8, 4) is 0 Å². The van der Waals surface area contributed by atoms with Gasteiger partial charge in [0.1, 0.15) is 0 Å². The molecule has 3 heteroatoms. The lowest BCUT2D eigenvalue weighted by atomic mass is 10.1. The maximum absolute atomic E-state index is 5.04. The summed E-state index contributed by atoms with van der Waals surface area (Å²) in [5, 5.41) is 1.25. The lowest BCUT2D eigenvalue weighted by Crippen LogP contribution is -2.02. The van der Waals surface area contributed by atoms with Gasteiger partial charge in [-0.25, -0.2) is 0 Å². The third-order valence-electron chi connectivity index (χ3n) is 1.41. The van der Waals surface area contributed by atoms with Gasteiger partial charge in [0.05, 0.1) is 0 Å². The molecule has 1 heterocycles. The first-order chi connectivity index (χ1) is 4.74. The number of thiocarbonyl (C=S) groups is 2. The molecule has 1 aliphatic rings. The van der Waals surface area contributed by atoms with E-state index in [-0.39, 0.29) is 0 Å². The second-order valence-corrected chi connectivity index (χ2v) is 3.08. The quantitative estimate of drug-likeness (QED) is 0.467. The molecule has 1 saturated heterocycles. The molecule has 0 spiro atoms. The van der Waals surface area contributed by atoms with Crippen LogP contribution in [0.25, 0.3) is 0 Å². The van der Waals surface area contributed by atoms with Crippen LogP contribution in [0.5, 0.6) is 0 Å². The molecule has 0 amide bonds. The van der Waals surface area contributed by atoms with Gasteiger partial charge < -0.3 is 4.74 Å². The van der Waals surface area contributed by atoms with Crippen LogP contribution in [-0.2, 0) is 4.74 Å². The highest BCUT2D eigenvalue weighted by Gasteiger charge is 2.25. The van der Waals surface area contributed by atoms with Gasteiger partial charge in [-0.2, -0.15) is 0 Å². The summed E-state index contributed by atoms with van der Waals surface area (Å²) >= 11 is 9.77. The summed E-state index contributed by atoms with van der Waals surface area (Å²) in [6.07, 6.45) is 3.51. The molecule has 0 N–H and O–H groups in total. The summed E-state index contributed by atoms with van der Waals surface area (Å²) in [4.78, 5) is 0. The third kappa shape index (κ3) is 1.61. The molecule has 0 radical (unpaired) electrons. The average Bonchev–Trinajstić information content (AvgIpc) is 2.13. The Labute approximate surface area is 71.1 Å². The van der Waals surface area contributed by atoms with E-state index in [0.29, 0.717) is 16.0 Å². The van der Waals surface area contributed by atoms with E-state index in [1.165, 1.54) is 0 Å². The number of allylic oxidation sites excluding steroid dienone is 1.